The van der Waals surface area contributed by atoms with Crippen molar-refractivity contribution >= 4 is 35.8 Å². The Hall–Kier alpha value is -1.42. The molecule has 6 nitrogen and oxygen atoms in total. The lowest BCUT2D eigenvalue weighted by molar-refractivity contribution is -0.123. The van der Waals surface area contributed by atoms with E-state index in [9.17, 15) is 9.18 Å². The topological polar surface area (TPSA) is 82.8 Å². The number of hydrogen-bond donors (Lipinski definition) is 3. The van der Waals surface area contributed by atoms with Gasteiger partial charge in [-0.1, -0.05) is 6.07 Å². The van der Waals surface area contributed by atoms with Crippen LogP contribution in [0.4, 0.5) is 4.39 Å². The van der Waals surface area contributed by atoms with Crippen LogP contribution in [0.25, 0.3) is 0 Å². The van der Waals surface area contributed by atoms with Gasteiger partial charge >= 0.3 is 0 Å². The molecule has 0 aliphatic carbocycles. The van der Waals surface area contributed by atoms with Crippen LogP contribution in [0, 0.1) is 18.7 Å². The summed E-state index contributed by atoms with van der Waals surface area (Å²) in [7, 11) is 1.77. The Labute approximate surface area is 190 Å². The zero-order valence-corrected chi connectivity index (χ0v) is 19.9. The standard InChI is InChI=1S/C21H34FN5O.HI/c1-16-15-19(22)6-5-17(16)7-11-26-21(24-2)25-10-3-4-12-27-13-8-18(9-14-27)20(23)28;/h5-6,15,18H,3-4,7-14H2,1-2H3,(H2,23,28)(H2,24,25,26);1H. The largest absolute Gasteiger partial charge is 0.369 e. The Balaban J connectivity index is 0.00000420. The number of likely N-dealkylation sites (tertiary alicyclic amines) is 1. The third-order valence-electron chi connectivity index (χ3n) is 5.40. The molecule has 1 fully saturated rings. The molecule has 1 aliphatic rings. The SMILES string of the molecule is CN=C(NCCCCN1CCC(C(N)=O)CC1)NCCc1ccc(F)cc1C.I. The number of guanidine groups is 1. The Morgan fingerprint density at radius 2 is 1.93 bits per heavy atom. The summed E-state index contributed by atoms with van der Waals surface area (Å²) in [6, 6.07) is 4.92. The van der Waals surface area contributed by atoms with Crippen LogP contribution in [0.2, 0.25) is 0 Å². The van der Waals surface area contributed by atoms with Gasteiger partial charge in [0, 0.05) is 26.1 Å². The molecule has 1 aromatic carbocycles. The van der Waals surface area contributed by atoms with Crippen LogP contribution in [-0.2, 0) is 11.2 Å². The number of aryl methyl sites for hydroxylation is 1. The van der Waals surface area contributed by atoms with E-state index < -0.39 is 0 Å². The van der Waals surface area contributed by atoms with E-state index >= 15 is 0 Å². The fourth-order valence-electron chi connectivity index (χ4n) is 3.58. The summed E-state index contributed by atoms with van der Waals surface area (Å²) in [6.07, 6.45) is 4.77. The van der Waals surface area contributed by atoms with E-state index in [-0.39, 0.29) is 41.6 Å². The first-order valence-corrected chi connectivity index (χ1v) is 10.2. The van der Waals surface area contributed by atoms with Gasteiger partial charge in [0.05, 0.1) is 0 Å². The predicted molar refractivity (Wildman–Crippen MR) is 127 cm³/mol. The zero-order valence-electron chi connectivity index (χ0n) is 17.5. The van der Waals surface area contributed by atoms with E-state index in [0.717, 1.165) is 81.9 Å². The van der Waals surface area contributed by atoms with Crippen LogP contribution in [0.5, 0.6) is 0 Å². The average molecular weight is 519 g/mol. The maximum atomic E-state index is 13.2. The van der Waals surface area contributed by atoms with Gasteiger partial charge in [0.15, 0.2) is 5.96 Å². The summed E-state index contributed by atoms with van der Waals surface area (Å²) in [5.74, 6) is 0.509. The van der Waals surface area contributed by atoms with Crippen LogP contribution in [0.3, 0.4) is 0 Å². The highest BCUT2D eigenvalue weighted by atomic mass is 127. The molecule has 29 heavy (non-hydrogen) atoms. The minimum atomic E-state index is -0.191. The molecule has 0 unspecified atom stereocenters. The number of nitrogens with two attached hydrogens (primary N) is 1. The second-order valence-corrected chi connectivity index (χ2v) is 7.47. The fraction of sp³-hybridized carbons (Fsp3) is 0.619. The molecule has 1 aromatic rings. The van der Waals surface area contributed by atoms with Crippen molar-refractivity contribution < 1.29 is 9.18 Å². The monoisotopic (exact) mass is 519 g/mol. The smallest absolute Gasteiger partial charge is 0.220 e. The third kappa shape index (κ3) is 9.29. The van der Waals surface area contributed by atoms with Gasteiger partial charge in [0.2, 0.25) is 5.91 Å². The van der Waals surface area contributed by atoms with Crippen LogP contribution in [0.1, 0.15) is 36.8 Å². The van der Waals surface area contributed by atoms with Crippen molar-refractivity contribution in [3.63, 3.8) is 0 Å². The molecule has 0 bridgehead atoms. The van der Waals surface area contributed by atoms with Gasteiger partial charge in [0.1, 0.15) is 5.82 Å². The van der Waals surface area contributed by atoms with E-state index in [1.54, 1.807) is 13.1 Å². The van der Waals surface area contributed by atoms with Crippen molar-refractivity contribution in [3.05, 3.63) is 35.1 Å². The molecule has 8 heteroatoms. The van der Waals surface area contributed by atoms with E-state index in [1.807, 2.05) is 13.0 Å². The molecule has 1 amide bonds. The van der Waals surface area contributed by atoms with Crippen LogP contribution in [-0.4, -0.2) is 56.5 Å². The minimum Gasteiger partial charge on any atom is -0.369 e. The van der Waals surface area contributed by atoms with E-state index in [1.165, 1.54) is 6.07 Å². The number of halogens is 2. The second-order valence-electron chi connectivity index (χ2n) is 7.47. The Bertz CT molecular complexity index is 662. The van der Waals surface area contributed by atoms with E-state index in [2.05, 4.69) is 20.5 Å². The molecule has 164 valence electrons. The first-order valence-electron chi connectivity index (χ1n) is 10.2. The van der Waals surface area contributed by atoms with Gasteiger partial charge in [-0.2, -0.15) is 0 Å². The summed E-state index contributed by atoms with van der Waals surface area (Å²) >= 11 is 0. The maximum Gasteiger partial charge on any atom is 0.220 e. The molecule has 0 saturated carbocycles. The predicted octanol–water partition coefficient (Wildman–Crippen LogP) is 2.44. The number of aliphatic imine (C=N–C) groups is 1. The maximum absolute atomic E-state index is 13.2. The lowest BCUT2D eigenvalue weighted by atomic mass is 9.96. The molecular formula is C21H35FIN5O. The number of amides is 1. The summed E-state index contributed by atoms with van der Waals surface area (Å²) in [5, 5.41) is 6.64. The molecule has 2 rings (SSSR count). The molecular weight excluding hydrogens is 484 g/mol. The molecule has 1 aliphatic heterocycles. The van der Waals surface area contributed by atoms with Gasteiger partial charge in [-0.15, -0.1) is 24.0 Å². The molecule has 0 aromatic heterocycles. The molecule has 1 heterocycles. The van der Waals surface area contributed by atoms with E-state index in [4.69, 9.17) is 5.73 Å². The number of unbranched alkanes of at least 4 members (excludes halogenated alkanes) is 1. The Morgan fingerprint density at radius 3 is 2.55 bits per heavy atom. The highest BCUT2D eigenvalue weighted by Crippen LogP contribution is 2.16. The second kappa shape index (κ2) is 13.7. The number of carbonyl (C=O) groups is 1. The number of nitrogens with one attached hydrogen (secondary N) is 2. The Kier molecular flexibility index (Phi) is 12.1. The molecule has 0 spiro atoms. The van der Waals surface area contributed by atoms with Gasteiger partial charge in [-0.25, -0.2) is 4.39 Å². The van der Waals surface area contributed by atoms with Gasteiger partial charge in [-0.05, 0) is 81.9 Å². The first kappa shape index (κ1) is 25.6. The molecule has 1 saturated heterocycles. The zero-order chi connectivity index (χ0) is 20.4. The number of primary amides is 1. The van der Waals surface area contributed by atoms with Crippen molar-refractivity contribution in [1.82, 2.24) is 15.5 Å². The van der Waals surface area contributed by atoms with Gasteiger partial charge < -0.3 is 21.3 Å². The highest BCUT2D eigenvalue weighted by Gasteiger charge is 2.22. The van der Waals surface area contributed by atoms with Gasteiger partial charge in [-0.3, -0.25) is 9.79 Å². The lowest BCUT2D eigenvalue weighted by Gasteiger charge is -2.30. The Morgan fingerprint density at radius 1 is 1.24 bits per heavy atom. The number of rotatable bonds is 9. The number of hydrogen-bond acceptors (Lipinski definition) is 3. The summed E-state index contributed by atoms with van der Waals surface area (Å²) in [5.41, 5.74) is 7.50. The van der Waals surface area contributed by atoms with Crippen molar-refractivity contribution in [2.75, 3.05) is 39.8 Å². The number of nitrogens with zero attached hydrogens (tertiary/aromatic N) is 2. The number of carbonyl (C=O) groups excluding carboxylic acids is 1. The normalized spacial score (nSPS) is 15.6. The van der Waals surface area contributed by atoms with E-state index in [0.29, 0.717) is 0 Å². The highest BCUT2D eigenvalue weighted by molar-refractivity contribution is 14.0. The van der Waals surface area contributed by atoms with Crippen LogP contribution < -0.4 is 16.4 Å². The minimum absolute atomic E-state index is 0. The summed E-state index contributed by atoms with van der Waals surface area (Å²) in [6.45, 7) is 6.54. The lowest BCUT2D eigenvalue weighted by Crippen LogP contribution is -2.40. The molecule has 0 radical (unpaired) electrons. The first-order chi connectivity index (χ1) is 13.5. The van der Waals surface area contributed by atoms with Crippen molar-refractivity contribution in [3.8, 4) is 0 Å². The summed E-state index contributed by atoms with van der Waals surface area (Å²) < 4.78 is 13.2. The molecule has 4 N–H and O–H groups in total. The third-order valence-corrected chi connectivity index (χ3v) is 5.40. The van der Waals surface area contributed by atoms with Crippen molar-refractivity contribution in [2.45, 2.75) is 39.0 Å². The van der Waals surface area contributed by atoms with Crippen LogP contribution >= 0.6 is 24.0 Å². The van der Waals surface area contributed by atoms with Crippen LogP contribution in [0.15, 0.2) is 23.2 Å². The van der Waals surface area contributed by atoms with Crippen molar-refractivity contribution in [1.29, 1.82) is 0 Å². The number of piperidine rings is 1. The quantitative estimate of drug-likeness (QED) is 0.203. The summed E-state index contributed by atoms with van der Waals surface area (Å²) in [4.78, 5) is 17.9. The van der Waals surface area contributed by atoms with Gasteiger partial charge in [0.25, 0.3) is 0 Å². The fourth-order valence-corrected chi connectivity index (χ4v) is 3.58. The average Bonchev–Trinajstić information content (AvgIpc) is 2.68. The van der Waals surface area contributed by atoms with Crippen molar-refractivity contribution in [2.24, 2.45) is 16.6 Å². The number of benzene rings is 1. The molecule has 0 atom stereocenters.